The van der Waals surface area contributed by atoms with Gasteiger partial charge in [0.2, 0.25) is 0 Å². The Bertz CT molecular complexity index is 373. The number of carboxylic acid groups (broad SMARTS) is 1. The van der Waals surface area contributed by atoms with Crippen molar-refractivity contribution in [2.24, 2.45) is 0 Å². The highest BCUT2D eigenvalue weighted by Gasteiger charge is 2.18. The summed E-state index contributed by atoms with van der Waals surface area (Å²) in [5, 5.41) is 8.78. The molecule has 17 heavy (non-hydrogen) atoms. The number of aliphatic carboxylic acids is 1. The van der Waals surface area contributed by atoms with Gasteiger partial charge in [-0.15, -0.1) is 11.8 Å². The fourth-order valence-electron chi connectivity index (χ4n) is 1.37. The Labute approximate surface area is 107 Å². The molecule has 92 valence electrons. The van der Waals surface area contributed by atoms with Crippen molar-refractivity contribution in [3.05, 3.63) is 48.0 Å². The van der Waals surface area contributed by atoms with E-state index in [0.29, 0.717) is 6.42 Å². The summed E-state index contributed by atoms with van der Waals surface area (Å²) in [6.45, 7) is 5.94. The van der Waals surface area contributed by atoms with Crippen LogP contribution in [0.4, 0.5) is 0 Å². The number of thioether (sulfide) groups is 1. The molecule has 3 heteroatoms. The van der Waals surface area contributed by atoms with Crippen molar-refractivity contribution in [2.75, 3.05) is 5.75 Å². The minimum Gasteiger partial charge on any atom is -0.480 e. The van der Waals surface area contributed by atoms with Gasteiger partial charge in [0.05, 0.1) is 0 Å². The molecule has 0 amide bonds. The minimum absolute atomic E-state index is 0.388. The SMILES string of the molecule is C=C(CC)CSC(Cc1ccccc1)C(=O)O. The number of hydrogen-bond donors (Lipinski definition) is 1. The highest BCUT2D eigenvalue weighted by atomic mass is 32.2. The summed E-state index contributed by atoms with van der Waals surface area (Å²) in [7, 11) is 0. The van der Waals surface area contributed by atoms with E-state index in [-0.39, 0.29) is 5.25 Å². The van der Waals surface area contributed by atoms with Gasteiger partial charge in [0.1, 0.15) is 5.25 Å². The number of carbonyl (C=O) groups is 1. The summed E-state index contributed by atoms with van der Waals surface area (Å²) in [5.41, 5.74) is 2.16. The maximum atomic E-state index is 11.2. The Hall–Kier alpha value is -1.22. The van der Waals surface area contributed by atoms with Crippen molar-refractivity contribution in [2.45, 2.75) is 25.0 Å². The number of benzene rings is 1. The quantitative estimate of drug-likeness (QED) is 0.754. The predicted molar refractivity (Wildman–Crippen MR) is 73.5 cm³/mol. The predicted octanol–water partition coefficient (Wildman–Crippen LogP) is 3.38. The van der Waals surface area contributed by atoms with Crippen LogP contribution in [0.25, 0.3) is 0 Å². The van der Waals surface area contributed by atoms with Crippen LogP contribution in [0.1, 0.15) is 18.9 Å². The largest absolute Gasteiger partial charge is 0.480 e. The number of carboxylic acids is 1. The molecule has 0 spiro atoms. The molecule has 0 bridgehead atoms. The van der Waals surface area contributed by atoms with Crippen LogP contribution >= 0.6 is 11.8 Å². The van der Waals surface area contributed by atoms with E-state index in [4.69, 9.17) is 5.11 Å². The first-order valence-corrected chi connectivity index (χ1v) is 6.73. The maximum Gasteiger partial charge on any atom is 0.316 e. The van der Waals surface area contributed by atoms with Gasteiger partial charge < -0.3 is 5.11 Å². The van der Waals surface area contributed by atoms with Crippen LogP contribution in [0, 0.1) is 0 Å². The summed E-state index contributed by atoms with van der Waals surface area (Å²) in [6, 6.07) is 9.73. The van der Waals surface area contributed by atoms with Crippen LogP contribution in [0.5, 0.6) is 0 Å². The van der Waals surface area contributed by atoms with E-state index in [1.807, 2.05) is 37.3 Å². The Morgan fingerprint density at radius 2 is 2.06 bits per heavy atom. The van der Waals surface area contributed by atoms with Gasteiger partial charge in [0.15, 0.2) is 0 Å². The molecule has 1 N–H and O–H groups in total. The topological polar surface area (TPSA) is 37.3 Å². The van der Waals surface area contributed by atoms with Gasteiger partial charge in [0, 0.05) is 5.75 Å². The van der Waals surface area contributed by atoms with Crippen molar-refractivity contribution in [3.8, 4) is 0 Å². The van der Waals surface area contributed by atoms with Gasteiger partial charge in [-0.05, 0) is 18.4 Å². The summed E-state index contributed by atoms with van der Waals surface area (Å²) in [5.74, 6) is -0.0249. The second-order valence-corrected chi connectivity index (χ2v) is 5.12. The van der Waals surface area contributed by atoms with Gasteiger partial charge in [-0.1, -0.05) is 49.4 Å². The third kappa shape index (κ3) is 5.09. The third-order valence-corrected chi connectivity index (χ3v) is 3.87. The highest BCUT2D eigenvalue weighted by Crippen LogP contribution is 2.20. The molecule has 0 fully saturated rings. The minimum atomic E-state index is -0.747. The molecule has 1 aromatic rings. The average Bonchev–Trinajstić information content (AvgIpc) is 2.34. The Morgan fingerprint density at radius 1 is 1.41 bits per heavy atom. The molecule has 1 atom stereocenters. The van der Waals surface area contributed by atoms with Gasteiger partial charge in [0.25, 0.3) is 0 Å². The Balaban J connectivity index is 2.55. The normalized spacial score (nSPS) is 12.1. The molecule has 0 aliphatic rings. The monoisotopic (exact) mass is 250 g/mol. The van der Waals surface area contributed by atoms with Gasteiger partial charge in [-0.2, -0.15) is 0 Å². The molecule has 1 aromatic carbocycles. The molecule has 0 aromatic heterocycles. The fourth-order valence-corrected chi connectivity index (χ4v) is 2.46. The standard InChI is InChI=1S/C14H18O2S/c1-3-11(2)10-17-13(14(15)16)9-12-7-5-4-6-8-12/h4-8,13H,2-3,9-10H2,1H3,(H,15,16). The zero-order chi connectivity index (χ0) is 12.7. The van der Waals surface area contributed by atoms with E-state index < -0.39 is 5.97 Å². The molecule has 1 rings (SSSR count). The van der Waals surface area contributed by atoms with E-state index in [2.05, 4.69) is 6.58 Å². The molecule has 0 aliphatic carbocycles. The molecule has 2 nitrogen and oxygen atoms in total. The molecule has 0 radical (unpaired) electrons. The number of rotatable bonds is 7. The van der Waals surface area contributed by atoms with E-state index in [1.54, 1.807) is 0 Å². The van der Waals surface area contributed by atoms with Crippen molar-refractivity contribution >= 4 is 17.7 Å². The lowest BCUT2D eigenvalue weighted by molar-refractivity contribution is -0.136. The summed E-state index contributed by atoms with van der Waals surface area (Å²) in [4.78, 5) is 11.2. The van der Waals surface area contributed by atoms with Crippen LogP contribution in [0.3, 0.4) is 0 Å². The zero-order valence-electron chi connectivity index (χ0n) is 10.1. The van der Waals surface area contributed by atoms with Crippen LogP contribution < -0.4 is 0 Å². The first kappa shape index (κ1) is 13.8. The molecule has 0 saturated heterocycles. The van der Waals surface area contributed by atoms with Crippen LogP contribution in [0.15, 0.2) is 42.5 Å². The summed E-state index contributed by atoms with van der Waals surface area (Å²) < 4.78 is 0. The Kier molecular flexibility index (Phi) is 5.84. The zero-order valence-corrected chi connectivity index (χ0v) is 10.9. The van der Waals surface area contributed by atoms with Gasteiger partial charge in [-0.3, -0.25) is 4.79 Å². The van der Waals surface area contributed by atoms with Crippen LogP contribution in [-0.4, -0.2) is 22.1 Å². The van der Waals surface area contributed by atoms with Crippen LogP contribution in [-0.2, 0) is 11.2 Å². The highest BCUT2D eigenvalue weighted by molar-refractivity contribution is 8.00. The van der Waals surface area contributed by atoms with E-state index in [1.165, 1.54) is 11.8 Å². The third-order valence-electron chi connectivity index (χ3n) is 2.53. The lowest BCUT2D eigenvalue weighted by Crippen LogP contribution is -2.20. The summed E-state index contributed by atoms with van der Waals surface area (Å²) in [6.07, 6.45) is 1.47. The van der Waals surface area contributed by atoms with E-state index in [9.17, 15) is 4.79 Å². The van der Waals surface area contributed by atoms with Crippen LogP contribution in [0.2, 0.25) is 0 Å². The smallest absolute Gasteiger partial charge is 0.316 e. The van der Waals surface area contributed by atoms with Gasteiger partial charge in [-0.25, -0.2) is 0 Å². The second kappa shape index (κ2) is 7.17. The molecule has 0 heterocycles. The van der Waals surface area contributed by atoms with E-state index >= 15 is 0 Å². The summed E-state index contributed by atoms with van der Waals surface area (Å²) >= 11 is 1.46. The molecule has 0 aliphatic heterocycles. The molecule has 0 saturated carbocycles. The lowest BCUT2D eigenvalue weighted by atomic mass is 10.1. The molecular weight excluding hydrogens is 232 g/mol. The van der Waals surface area contributed by atoms with Crippen molar-refractivity contribution < 1.29 is 9.90 Å². The molecular formula is C14H18O2S. The fraction of sp³-hybridized carbons (Fsp3) is 0.357. The van der Waals surface area contributed by atoms with Crippen molar-refractivity contribution in [1.29, 1.82) is 0 Å². The van der Waals surface area contributed by atoms with Crippen molar-refractivity contribution in [3.63, 3.8) is 0 Å². The van der Waals surface area contributed by atoms with Gasteiger partial charge >= 0.3 is 5.97 Å². The second-order valence-electron chi connectivity index (χ2n) is 3.93. The Morgan fingerprint density at radius 3 is 2.59 bits per heavy atom. The van der Waals surface area contributed by atoms with E-state index in [0.717, 1.165) is 23.3 Å². The van der Waals surface area contributed by atoms with Crippen molar-refractivity contribution in [1.82, 2.24) is 0 Å². The lowest BCUT2D eigenvalue weighted by Gasteiger charge is -2.12. The first-order chi connectivity index (χ1) is 8.13. The molecule has 1 unspecified atom stereocenters. The average molecular weight is 250 g/mol. The maximum absolute atomic E-state index is 11.2. The first-order valence-electron chi connectivity index (χ1n) is 5.68. The number of hydrogen-bond acceptors (Lipinski definition) is 2.